The zero-order chi connectivity index (χ0) is 13.7. The molecule has 0 fully saturated rings. The number of hydrogen-bond donors (Lipinski definition) is 2. The summed E-state index contributed by atoms with van der Waals surface area (Å²) in [5.41, 5.74) is 6.23. The molecule has 3 N–H and O–H groups in total. The second kappa shape index (κ2) is 6.64. The van der Waals surface area contributed by atoms with Gasteiger partial charge in [-0.05, 0) is 37.5 Å². The van der Waals surface area contributed by atoms with Gasteiger partial charge in [0.2, 0.25) is 0 Å². The Hall–Kier alpha value is -1.23. The fourth-order valence-corrected chi connectivity index (χ4v) is 2.15. The second-order valence-electron chi connectivity index (χ2n) is 4.68. The topological polar surface area (TPSA) is 67.8 Å². The van der Waals surface area contributed by atoms with Crippen molar-refractivity contribution < 1.29 is 9.94 Å². The van der Waals surface area contributed by atoms with E-state index in [1.165, 1.54) is 0 Å². The van der Waals surface area contributed by atoms with Crippen LogP contribution in [0.25, 0.3) is 0 Å². The highest BCUT2D eigenvalue weighted by atomic mass is 79.9. The average molecular weight is 315 g/mol. The predicted octanol–water partition coefficient (Wildman–Crippen LogP) is 3.36. The maximum Gasteiger partial charge on any atom is 0.173 e. The molecular weight excluding hydrogens is 296 g/mol. The van der Waals surface area contributed by atoms with Crippen LogP contribution in [0.3, 0.4) is 0 Å². The molecular formula is C13H19BrN2O2. The molecule has 0 heterocycles. The molecule has 1 rings (SSSR count). The van der Waals surface area contributed by atoms with E-state index in [0.29, 0.717) is 17.2 Å². The number of ether oxygens (including phenoxy) is 1. The van der Waals surface area contributed by atoms with E-state index >= 15 is 0 Å². The lowest BCUT2D eigenvalue weighted by molar-refractivity contribution is 0.193. The first-order valence-corrected chi connectivity index (χ1v) is 6.67. The van der Waals surface area contributed by atoms with Crippen molar-refractivity contribution in [3.63, 3.8) is 0 Å². The van der Waals surface area contributed by atoms with Crippen molar-refractivity contribution in [2.75, 3.05) is 0 Å². The molecule has 0 saturated heterocycles. The predicted molar refractivity (Wildman–Crippen MR) is 76.2 cm³/mol. The molecule has 4 nitrogen and oxygen atoms in total. The lowest BCUT2D eigenvalue weighted by Gasteiger charge is -2.18. The van der Waals surface area contributed by atoms with Crippen LogP contribution in [0.15, 0.2) is 27.8 Å². The summed E-state index contributed by atoms with van der Waals surface area (Å²) in [6.07, 6.45) is 1.03. The van der Waals surface area contributed by atoms with Crippen molar-refractivity contribution in [2.24, 2.45) is 16.8 Å². The molecule has 1 atom stereocenters. The third kappa shape index (κ3) is 4.22. The summed E-state index contributed by atoms with van der Waals surface area (Å²) >= 11 is 3.35. The summed E-state index contributed by atoms with van der Waals surface area (Å²) in [4.78, 5) is 0. The lowest BCUT2D eigenvalue weighted by Crippen LogP contribution is -2.19. The van der Waals surface area contributed by atoms with Gasteiger partial charge in [-0.2, -0.15) is 0 Å². The molecule has 0 aliphatic heterocycles. The van der Waals surface area contributed by atoms with Gasteiger partial charge < -0.3 is 15.7 Å². The SMILES string of the molecule is CC(C)CC(C)Oc1ccc(Br)cc1/C(N)=N/O. The normalized spacial score (nSPS) is 13.7. The number of nitrogens with two attached hydrogens (primary N) is 1. The zero-order valence-corrected chi connectivity index (χ0v) is 12.4. The van der Waals surface area contributed by atoms with Crippen molar-refractivity contribution in [3.8, 4) is 5.75 Å². The van der Waals surface area contributed by atoms with Crippen LogP contribution in [0.1, 0.15) is 32.8 Å². The van der Waals surface area contributed by atoms with Crippen LogP contribution >= 0.6 is 15.9 Å². The average Bonchev–Trinajstić information content (AvgIpc) is 2.29. The van der Waals surface area contributed by atoms with Gasteiger partial charge in [-0.3, -0.25) is 0 Å². The van der Waals surface area contributed by atoms with Crippen LogP contribution in [0.5, 0.6) is 5.75 Å². The Morgan fingerprint density at radius 2 is 2.11 bits per heavy atom. The quantitative estimate of drug-likeness (QED) is 0.379. The van der Waals surface area contributed by atoms with Gasteiger partial charge in [0, 0.05) is 4.47 Å². The molecule has 0 radical (unpaired) electrons. The standard InChI is InChI=1S/C13H19BrN2O2/c1-8(2)6-9(3)18-12-5-4-10(14)7-11(12)13(15)16-17/h4-5,7-9,17H,6H2,1-3H3,(H2,15,16). The van der Waals surface area contributed by atoms with Gasteiger partial charge in [0.25, 0.3) is 0 Å². The monoisotopic (exact) mass is 314 g/mol. The molecule has 0 aliphatic rings. The molecule has 0 saturated carbocycles. The molecule has 1 unspecified atom stereocenters. The van der Waals surface area contributed by atoms with Gasteiger partial charge >= 0.3 is 0 Å². The Morgan fingerprint density at radius 3 is 2.67 bits per heavy atom. The third-order valence-corrected chi connectivity index (χ3v) is 2.95. The number of benzene rings is 1. The highest BCUT2D eigenvalue weighted by molar-refractivity contribution is 9.10. The van der Waals surface area contributed by atoms with E-state index in [1.807, 2.05) is 19.1 Å². The maximum atomic E-state index is 8.78. The van der Waals surface area contributed by atoms with E-state index in [0.717, 1.165) is 10.9 Å². The van der Waals surface area contributed by atoms with Crippen molar-refractivity contribution in [1.82, 2.24) is 0 Å². The molecule has 100 valence electrons. The number of nitrogens with zero attached hydrogens (tertiary/aromatic N) is 1. The Labute approximate surface area is 116 Å². The van der Waals surface area contributed by atoms with Gasteiger partial charge in [0.1, 0.15) is 5.75 Å². The lowest BCUT2D eigenvalue weighted by atomic mass is 10.1. The molecule has 0 bridgehead atoms. The minimum absolute atomic E-state index is 0.0445. The van der Waals surface area contributed by atoms with Gasteiger partial charge in [-0.1, -0.05) is 34.9 Å². The second-order valence-corrected chi connectivity index (χ2v) is 5.60. The van der Waals surface area contributed by atoms with Gasteiger partial charge in [0.05, 0.1) is 11.7 Å². The van der Waals surface area contributed by atoms with Crippen molar-refractivity contribution in [2.45, 2.75) is 33.3 Å². The van der Waals surface area contributed by atoms with E-state index in [-0.39, 0.29) is 11.9 Å². The number of amidine groups is 1. The van der Waals surface area contributed by atoms with Crippen LogP contribution in [0.2, 0.25) is 0 Å². The Kier molecular flexibility index (Phi) is 5.47. The largest absolute Gasteiger partial charge is 0.490 e. The van der Waals surface area contributed by atoms with Gasteiger partial charge in [-0.25, -0.2) is 0 Å². The van der Waals surface area contributed by atoms with Crippen molar-refractivity contribution in [3.05, 3.63) is 28.2 Å². The number of rotatable bonds is 5. The summed E-state index contributed by atoms with van der Waals surface area (Å²) < 4.78 is 6.70. The molecule has 0 aliphatic carbocycles. The fourth-order valence-electron chi connectivity index (χ4n) is 1.79. The summed E-state index contributed by atoms with van der Waals surface area (Å²) in [5, 5.41) is 11.8. The van der Waals surface area contributed by atoms with E-state index in [9.17, 15) is 0 Å². The Balaban J connectivity index is 2.94. The number of oxime groups is 1. The smallest absolute Gasteiger partial charge is 0.173 e. The summed E-state index contributed by atoms with van der Waals surface area (Å²) in [5.74, 6) is 1.23. The van der Waals surface area contributed by atoms with Gasteiger partial charge in [0.15, 0.2) is 5.84 Å². The number of halogens is 1. The summed E-state index contributed by atoms with van der Waals surface area (Å²) in [6, 6.07) is 5.45. The highest BCUT2D eigenvalue weighted by Gasteiger charge is 2.13. The first-order chi connectivity index (χ1) is 8.43. The van der Waals surface area contributed by atoms with Crippen LogP contribution in [-0.4, -0.2) is 17.1 Å². The third-order valence-electron chi connectivity index (χ3n) is 2.46. The molecule has 0 aromatic heterocycles. The number of hydrogen-bond acceptors (Lipinski definition) is 3. The minimum Gasteiger partial charge on any atom is -0.490 e. The summed E-state index contributed by atoms with van der Waals surface area (Å²) in [7, 11) is 0. The molecule has 5 heteroatoms. The summed E-state index contributed by atoms with van der Waals surface area (Å²) in [6.45, 7) is 6.30. The van der Waals surface area contributed by atoms with E-state index in [4.69, 9.17) is 15.7 Å². The maximum absolute atomic E-state index is 8.78. The first-order valence-electron chi connectivity index (χ1n) is 5.88. The molecule has 1 aromatic carbocycles. The Bertz CT molecular complexity index is 433. The van der Waals surface area contributed by atoms with Crippen LogP contribution in [0, 0.1) is 5.92 Å². The van der Waals surface area contributed by atoms with E-state index in [1.54, 1.807) is 6.07 Å². The highest BCUT2D eigenvalue weighted by Crippen LogP contribution is 2.25. The first kappa shape index (κ1) is 14.8. The van der Waals surface area contributed by atoms with Crippen LogP contribution < -0.4 is 10.5 Å². The Morgan fingerprint density at radius 1 is 1.44 bits per heavy atom. The van der Waals surface area contributed by atoms with Crippen LogP contribution in [-0.2, 0) is 0 Å². The fraction of sp³-hybridized carbons (Fsp3) is 0.462. The van der Waals surface area contributed by atoms with Crippen molar-refractivity contribution in [1.29, 1.82) is 0 Å². The molecule has 0 spiro atoms. The van der Waals surface area contributed by atoms with Gasteiger partial charge in [-0.15, -0.1) is 0 Å². The van der Waals surface area contributed by atoms with Crippen LogP contribution in [0.4, 0.5) is 0 Å². The molecule has 0 amide bonds. The minimum atomic E-state index is 0.0445. The van der Waals surface area contributed by atoms with Crippen molar-refractivity contribution >= 4 is 21.8 Å². The zero-order valence-electron chi connectivity index (χ0n) is 10.9. The van der Waals surface area contributed by atoms with E-state index < -0.39 is 0 Å². The van der Waals surface area contributed by atoms with E-state index in [2.05, 4.69) is 34.9 Å². The molecule has 1 aromatic rings. The molecule has 18 heavy (non-hydrogen) atoms.